The number of rotatable bonds is 2. The molecule has 1 aromatic heterocycles. The zero-order valence-electron chi connectivity index (χ0n) is 9.83. The molecule has 0 aliphatic heterocycles. The zero-order chi connectivity index (χ0) is 15.8. The molecule has 2 aromatic rings. The van der Waals surface area contributed by atoms with E-state index in [2.05, 4.69) is 10.2 Å². The lowest BCUT2D eigenvalue weighted by Crippen LogP contribution is -2.14. The predicted molar refractivity (Wildman–Crippen MR) is 68.7 cm³/mol. The summed E-state index contributed by atoms with van der Waals surface area (Å²) in [4.78, 5) is 11.8. The molecule has 0 unspecified atom stereocenters. The summed E-state index contributed by atoms with van der Waals surface area (Å²) >= 11 is 5.71. The highest BCUT2D eigenvalue weighted by Gasteiger charge is 2.35. The van der Waals surface area contributed by atoms with Gasteiger partial charge in [-0.05, 0) is 12.1 Å². The fraction of sp³-hybridized carbons (Fsp3) is 0.100. The normalized spacial score (nSPS) is 11.5. The summed E-state index contributed by atoms with van der Waals surface area (Å²) in [6.45, 7) is 0. The summed E-state index contributed by atoms with van der Waals surface area (Å²) in [5.41, 5.74) is 4.58. The molecule has 11 heteroatoms. The average Bonchev–Trinajstić information content (AvgIpc) is 2.82. The van der Waals surface area contributed by atoms with Crippen LogP contribution in [0.1, 0.15) is 15.4 Å². The van der Waals surface area contributed by atoms with E-state index < -0.39 is 33.7 Å². The van der Waals surface area contributed by atoms with Gasteiger partial charge in [-0.1, -0.05) is 22.9 Å². The third-order valence-electron chi connectivity index (χ3n) is 2.23. The number of alkyl halides is 3. The van der Waals surface area contributed by atoms with Crippen LogP contribution < -0.4 is 11.1 Å². The van der Waals surface area contributed by atoms with Crippen molar-refractivity contribution in [3.63, 3.8) is 0 Å². The molecule has 1 heterocycles. The molecule has 0 spiro atoms. The number of carbonyl (C=O) groups is 1. The van der Waals surface area contributed by atoms with Crippen LogP contribution in [0.3, 0.4) is 0 Å². The fourth-order valence-electron chi connectivity index (χ4n) is 1.33. The van der Waals surface area contributed by atoms with Gasteiger partial charge in [0.1, 0.15) is 5.82 Å². The molecule has 0 fully saturated rings. The lowest BCUT2D eigenvalue weighted by atomic mass is 10.1. The molecular weight excluding hydrogens is 336 g/mol. The van der Waals surface area contributed by atoms with Crippen molar-refractivity contribution in [2.24, 2.45) is 0 Å². The second-order valence-corrected chi connectivity index (χ2v) is 5.13. The van der Waals surface area contributed by atoms with E-state index in [0.29, 0.717) is 0 Å². The van der Waals surface area contributed by atoms with E-state index in [9.17, 15) is 22.4 Å². The maximum absolute atomic E-state index is 13.3. The Kier molecular flexibility index (Phi) is 4.01. The van der Waals surface area contributed by atoms with E-state index in [1.165, 1.54) is 0 Å². The molecule has 5 nitrogen and oxygen atoms in total. The smallest absolute Gasteiger partial charge is 0.396 e. The number of aromatic nitrogens is 2. The number of carbonyl (C=O) groups excluding carboxylic acids is 1. The third-order valence-corrected chi connectivity index (χ3v) is 3.33. The summed E-state index contributed by atoms with van der Waals surface area (Å²) in [6.07, 6.45) is -4.66. The third kappa shape index (κ3) is 3.39. The van der Waals surface area contributed by atoms with Crippen molar-refractivity contribution in [3.8, 4) is 0 Å². The monoisotopic (exact) mass is 340 g/mol. The minimum atomic E-state index is -4.66. The first-order valence-electron chi connectivity index (χ1n) is 5.15. The molecule has 21 heavy (non-hydrogen) atoms. The van der Waals surface area contributed by atoms with Crippen LogP contribution in [-0.4, -0.2) is 16.1 Å². The number of anilines is 2. The molecular formula is C10H5ClF4N4OS. The molecule has 0 aliphatic carbocycles. The van der Waals surface area contributed by atoms with E-state index in [1.54, 1.807) is 0 Å². The number of nitrogens with one attached hydrogen (secondary N) is 1. The zero-order valence-corrected chi connectivity index (χ0v) is 11.4. The Balaban J connectivity index is 2.25. The Morgan fingerprint density at radius 1 is 1.33 bits per heavy atom. The van der Waals surface area contributed by atoms with Crippen LogP contribution in [0.5, 0.6) is 0 Å². The van der Waals surface area contributed by atoms with Crippen LogP contribution in [0, 0.1) is 5.82 Å². The van der Waals surface area contributed by atoms with Gasteiger partial charge in [0.05, 0.1) is 11.3 Å². The van der Waals surface area contributed by atoms with Crippen molar-refractivity contribution in [3.05, 3.63) is 33.5 Å². The van der Waals surface area contributed by atoms with Crippen LogP contribution in [0.2, 0.25) is 5.02 Å². The average molecular weight is 341 g/mol. The van der Waals surface area contributed by atoms with Gasteiger partial charge in [0.2, 0.25) is 10.1 Å². The number of benzene rings is 1. The number of nitrogen functional groups attached to an aromatic ring is 1. The highest BCUT2D eigenvalue weighted by atomic mass is 35.5. The lowest BCUT2D eigenvalue weighted by molar-refractivity contribution is -0.138. The number of hydrogen-bond acceptors (Lipinski definition) is 5. The first-order chi connectivity index (χ1) is 9.68. The number of hydrogen-bond donors (Lipinski definition) is 2. The van der Waals surface area contributed by atoms with E-state index in [0.717, 1.165) is 12.1 Å². The maximum atomic E-state index is 13.3. The summed E-state index contributed by atoms with van der Waals surface area (Å²) in [7, 11) is 0. The van der Waals surface area contributed by atoms with Gasteiger partial charge in [-0.15, -0.1) is 10.2 Å². The van der Waals surface area contributed by atoms with Crippen LogP contribution in [-0.2, 0) is 6.18 Å². The predicted octanol–water partition coefficient (Wildman–Crippen LogP) is 3.18. The van der Waals surface area contributed by atoms with Gasteiger partial charge in [0, 0.05) is 5.02 Å². The molecule has 3 N–H and O–H groups in total. The largest absolute Gasteiger partial charge is 0.445 e. The lowest BCUT2D eigenvalue weighted by Gasteiger charge is -2.06. The van der Waals surface area contributed by atoms with Crippen molar-refractivity contribution in [1.29, 1.82) is 0 Å². The van der Waals surface area contributed by atoms with Gasteiger partial charge in [-0.3, -0.25) is 10.1 Å². The molecule has 0 saturated heterocycles. The molecule has 2 rings (SSSR count). The van der Waals surface area contributed by atoms with Crippen LogP contribution in [0.25, 0.3) is 0 Å². The number of nitrogens with two attached hydrogens (primary N) is 1. The highest BCUT2D eigenvalue weighted by Crippen LogP contribution is 2.33. The van der Waals surface area contributed by atoms with Crippen LogP contribution >= 0.6 is 22.9 Å². The van der Waals surface area contributed by atoms with E-state index >= 15 is 0 Å². The van der Waals surface area contributed by atoms with Gasteiger partial charge in [-0.25, -0.2) is 4.39 Å². The Hall–Kier alpha value is -1.94. The summed E-state index contributed by atoms with van der Waals surface area (Å²) in [5.74, 6) is -1.86. The van der Waals surface area contributed by atoms with Gasteiger partial charge in [-0.2, -0.15) is 13.2 Å². The molecule has 112 valence electrons. The quantitative estimate of drug-likeness (QED) is 0.650. The molecule has 0 atom stereocenters. The molecule has 1 aromatic carbocycles. The Bertz CT molecular complexity index is 703. The summed E-state index contributed by atoms with van der Waals surface area (Å²) in [6, 6.07) is 1.99. The van der Waals surface area contributed by atoms with Gasteiger partial charge in [0.25, 0.3) is 5.91 Å². The maximum Gasteiger partial charge on any atom is 0.445 e. The summed E-state index contributed by atoms with van der Waals surface area (Å²) in [5, 5.41) is 6.41. The first-order valence-corrected chi connectivity index (χ1v) is 6.34. The van der Waals surface area contributed by atoms with Crippen molar-refractivity contribution in [2.45, 2.75) is 6.18 Å². The Morgan fingerprint density at radius 3 is 2.57 bits per heavy atom. The molecule has 0 aliphatic rings. The second-order valence-electron chi connectivity index (χ2n) is 3.71. The molecule has 1 amide bonds. The Labute approximate surface area is 123 Å². The van der Waals surface area contributed by atoms with Crippen molar-refractivity contribution in [2.75, 3.05) is 11.1 Å². The minimum Gasteiger partial charge on any atom is -0.396 e. The van der Waals surface area contributed by atoms with E-state index in [1.807, 2.05) is 5.32 Å². The number of amides is 1. The van der Waals surface area contributed by atoms with Crippen LogP contribution in [0.4, 0.5) is 28.4 Å². The fourth-order valence-corrected chi connectivity index (χ4v) is 2.14. The van der Waals surface area contributed by atoms with Gasteiger partial charge >= 0.3 is 6.18 Å². The van der Waals surface area contributed by atoms with Crippen molar-refractivity contribution in [1.82, 2.24) is 10.2 Å². The van der Waals surface area contributed by atoms with E-state index in [4.69, 9.17) is 17.3 Å². The van der Waals surface area contributed by atoms with Crippen molar-refractivity contribution >= 4 is 39.7 Å². The summed E-state index contributed by atoms with van der Waals surface area (Å²) < 4.78 is 50.4. The minimum absolute atomic E-state index is 0.0832. The Morgan fingerprint density at radius 2 is 2.00 bits per heavy atom. The van der Waals surface area contributed by atoms with E-state index in [-0.39, 0.29) is 21.9 Å². The van der Waals surface area contributed by atoms with Gasteiger partial charge in [0.15, 0.2) is 0 Å². The molecule has 0 radical (unpaired) electrons. The molecule has 0 bridgehead atoms. The highest BCUT2D eigenvalue weighted by molar-refractivity contribution is 7.15. The van der Waals surface area contributed by atoms with Gasteiger partial charge < -0.3 is 5.73 Å². The molecule has 0 saturated carbocycles. The number of nitrogens with zero attached hydrogens (tertiary/aromatic N) is 2. The standard InChI is InChI=1S/C10H5ClF4N4OS/c11-3-1-4(6(16)5(12)2-3)7(20)17-9-19-18-8(21-9)10(13,14)15/h1-2H,16H2,(H,17,19,20). The topological polar surface area (TPSA) is 80.9 Å². The van der Waals surface area contributed by atoms with Crippen LogP contribution in [0.15, 0.2) is 12.1 Å². The SMILES string of the molecule is Nc1c(F)cc(Cl)cc1C(=O)Nc1nnc(C(F)(F)F)s1. The number of halogens is 5. The first kappa shape index (κ1) is 15.4. The second kappa shape index (κ2) is 5.45. The van der Waals surface area contributed by atoms with Crippen molar-refractivity contribution < 1.29 is 22.4 Å².